The fourth-order valence-corrected chi connectivity index (χ4v) is 3.60. The molecule has 0 atom stereocenters. The maximum absolute atomic E-state index is 11.9. The summed E-state index contributed by atoms with van der Waals surface area (Å²) in [5.41, 5.74) is 0.238. The largest absolute Gasteiger partial charge is 0.496 e. The number of carboxylic acids is 1. The van der Waals surface area contributed by atoms with Gasteiger partial charge in [-0.3, -0.25) is 10.1 Å². The molecule has 33 heavy (non-hydrogen) atoms. The molecule has 3 aromatic rings. The molecule has 1 N–H and O–H groups in total. The highest BCUT2D eigenvalue weighted by molar-refractivity contribution is 8.03. The van der Waals surface area contributed by atoms with E-state index in [1.54, 1.807) is 18.2 Å². The number of thioether (sulfide) groups is 1. The zero-order valence-electron chi connectivity index (χ0n) is 17.4. The molecule has 0 spiro atoms. The molecule has 0 bridgehead atoms. The number of benzene rings is 2. The van der Waals surface area contributed by atoms with Gasteiger partial charge >= 0.3 is 5.97 Å². The standard InChI is InChI=1S/C20H16ClN3O8S/c1-29-14-5-4-11(21)8-13(14)18-22-23-20(32-18)33-16(19(25)26)7-10-6-12(24(27)28)9-15(30-2)17(10)31-3/h4-9H,1-3H3,(H,25,26)/b16-7+. The van der Waals surface area contributed by atoms with Crippen molar-refractivity contribution >= 4 is 41.1 Å². The Morgan fingerprint density at radius 1 is 1.15 bits per heavy atom. The maximum atomic E-state index is 11.9. The van der Waals surface area contributed by atoms with Crippen molar-refractivity contribution in [3.8, 4) is 28.7 Å². The molecule has 172 valence electrons. The first-order valence-electron chi connectivity index (χ1n) is 8.98. The van der Waals surface area contributed by atoms with Crippen LogP contribution in [0.15, 0.2) is 44.9 Å². The minimum Gasteiger partial charge on any atom is -0.496 e. The predicted molar refractivity (Wildman–Crippen MR) is 119 cm³/mol. The summed E-state index contributed by atoms with van der Waals surface area (Å²) in [6, 6.07) is 7.16. The minimum absolute atomic E-state index is 0.0659. The number of nitrogens with zero attached hydrogens (tertiary/aromatic N) is 3. The molecule has 0 saturated heterocycles. The Hall–Kier alpha value is -3.77. The molecule has 1 aromatic heterocycles. The van der Waals surface area contributed by atoms with Gasteiger partial charge in [0.05, 0.1) is 37.9 Å². The third-order valence-electron chi connectivity index (χ3n) is 4.20. The molecule has 3 rings (SSSR count). The molecule has 0 aliphatic rings. The van der Waals surface area contributed by atoms with Crippen molar-refractivity contribution in [1.29, 1.82) is 0 Å². The zero-order valence-corrected chi connectivity index (χ0v) is 19.0. The van der Waals surface area contributed by atoms with E-state index in [1.807, 2.05) is 0 Å². The van der Waals surface area contributed by atoms with Crippen LogP contribution in [-0.4, -0.2) is 47.5 Å². The lowest BCUT2D eigenvalue weighted by Crippen LogP contribution is -2.00. The van der Waals surface area contributed by atoms with Crippen LogP contribution in [0.5, 0.6) is 17.2 Å². The van der Waals surface area contributed by atoms with Crippen molar-refractivity contribution in [1.82, 2.24) is 10.2 Å². The number of rotatable bonds is 9. The number of nitro benzene ring substituents is 1. The van der Waals surface area contributed by atoms with Crippen molar-refractivity contribution in [2.75, 3.05) is 21.3 Å². The molecule has 0 saturated carbocycles. The predicted octanol–water partition coefficient (Wildman–Crippen LogP) is 4.54. The normalized spacial score (nSPS) is 11.2. The molecule has 0 unspecified atom stereocenters. The van der Waals surface area contributed by atoms with Crippen molar-refractivity contribution in [2.24, 2.45) is 0 Å². The van der Waals surface area contributed by atoms with E-state index in [9.17, 15) is 20.0 Å². The van der Waals surface area contributed by atoms with Gasteiger partial charge in [-0.1, -0.05) is 11.6 Å². The molecule has 13 heteroatoms. The zero-order chi connectivity index (χ0) is 24.1. The van der Waals surface area contributed by atoms with Crippen LogP contribution < -0.4 is 14.2 Å². The topological polar surface area (TPSA) is 147 Å². The summed E-state index contributed by atoms with van der Waals surface area (Å²) in [7, 11) is 4.11. The van der Waals surface area contributed by atoms with E-state index in [1.165, 1.54) is 39.5 Å². The monoisotopic (exact) mass is 493 g/mol. The van der Waals surface area contributed by atoms with Crippen LogP contribution in [0.4, 0.5) is 5.69 Å². The number of nitro groups is 1. The Morgan fingerprint density at radius 2 is 1.88 bits per heavy atom. The third kappa shape index (κ3) is 5.35. The molecule has 0 amide bonds. The number of hydrogen-bond donors (Lipinski definition) is 1. The molecule has 11 nitrogen and oxygen atoms in total. The van der Waals surface area contributed by atoms with E-state index in [-0.39, 0.29) is 38.8 Å². The quantitative estimate of drug-likeness (QED) is 0.194. The van der Waals surface area contributed by atoms with Gasteiger partial charge < -0.3 is 23.7 Å². The van der Waals surface area contributed by atoms with Crippen LogP contribution in [0, 0.1) is 10.1 Å². The number of halogens is 1. The molecule has 0 aliphatic heterocycles. The summed E-state index contributed by atoms with van der Waals surface area (Å²) >= 11 is 6.68. The van der Waals surface area contributed by atoms with E-state index < -0.39 is 10.9 Å². The van der Waals surface area contributed by atoms with Gasteiger partial charge in [0, 0.05) is 16.7 Å². The van der Waals surface area contributed by atoms with Crippen molar-refractivity contribution in [2.45, 2.75) is 5.22 Å². The van der Waals surface area contributed by atoms with Crippen LogP contribution in [0.2, 0.25) is 5.02 Å². The van der Waals surface area contributed by atoms with Gasteiger partial charge in [-0.2, -0.15) is 0 Å². The summed E-state index contributed by atoms with van der Waals surface area (Å²) in [6.45, 7) is 0. The lowest BCUT2D eigenvalue weighted by atomic mass is 10.1. The van der Waals surface area contributed by atoms with E-state index in [2.05, 4.69) is 10.2 Å². The van der Waals surface area contributed by atoms with Crippen molar-refractivity contribution in [3.05, 3.63) is 55.9 Å². The first kappa shape index (κ1) is 23.9. The Kier molecular flexibility index (Phi) is 7.41. The van der Waals surface area contributed by atoms with Gasteiger partial charge in [0.2, 0.25) is 0 Å². The first-order chi connectivity index (χ1) is 15.8. The van der Waals surface area contributed by atoms with Gasteiger partial charge in [-0.25, -0.2) is 4.79 Å². The second kappa shape index (κ2) is 10.2. The maximum Gasteiger partial charge on any atom is 0.342 e. The van der Waals surface area contributed by atoms with Crippen LogP contribution in [0.3, 0.4) is 0 Å². The van der Waals surface area contributed by atoms with E-state index >= 15 is 0 Å². The number of non-ortho nitro benzene ring substituents is 1. The van der Waals surface area contributed by atoms with Crippen LogP contribution in [0.25, 0.3) is 17.5 Å². The Balaban J connectivity index is 2.01. The number of aliphatic carboxylic acids is 1. The average Bonchev–Trinajstić information content (AvgIpc) is 3.26. The van der Waals surface area contributed by atoms with Gasteiger partial charge in [-0.15, -0.1) is 10.2 Å². The highest BCUT2D eigenvalue weighted by Crippen LogP contribution is 2.39. The van der Waals surface area contributed by atoms with Gasteiger partial charge in [0.1, 0.15) is 10.7 Å². The number of carboxylic acid groups (broad SMARTS) is 1. The lowest BCUT2D eigenvalue weighted by Gasteiger charge is -2.11. The smallest absolute Gasteiger partial charge is 0.342 e. The fraction of sp³-hybridized carbons (Fsp3) is 0.150. The van der Waals surface area contributed by atoms with E-state index in [0.717, 1.165) is 0 Å². The summed E-state index contributed by atoms with van der Waals surface area (Å²) in [5.74, 6) is -0.635. The molecule has 1 heterocycles. The van der Waals surface area contributed by atoms with Gasteiger partial charge in [-0.05, 0) is 36.0 Å². The molecule has 0 fully saturated rings. The van der Waals surface area contributed by atoms with Crippen LogP contribution in [-0.2, 0) is 4.79 Å². The second-order valence-corrected chi connectivity index (χ2v) is 7.59. The summed E-state index contributed by atoms with van der Waals surface area (Å²) < 4.78 is 21.2. The van der Waals surface area contributed by atoms with Crippen molar-refractivity contribution in [3.63, 3.8) is 0 Å². The number of carbonyl (C=O) groups is 1. The molecule has 2 aromatic carbocycles. The van der Waals surface area contributed by atoms with Crippen molar-refractivity contribution < 1.29 is 33.5 Å². The summed E-state index contributed by atoms with van der Waals surface area (Å²) in [5, 5.41) is 29.1. The van der Waals surface area contributed by atoms with Crippen LogP contribution >= 0.6 is 23.4 Å². The summed E-state index contributed by atoms with van der Waals surface area (Å²) in [6.07, 6.45) is 1.19. The molecule has 0 radical (unpaired) electrons. The summed E-state index contributed by atoms with van der Waals surface area (Å²) in [4.78, 5) is 22.3. The molecule has 0 aliphatic carbocycles. The number of hydrogen-bond acceptors (Lipinski definition) is 10. The second-order valence-electron chi connectivity index (χ2n) is 6.16. The number of aromatic nitrogens is 2. The highest BCUT2D eigenvalue weighted by atomic mass is 35.5. The first-order valence-corrected chi connectivity index (χ1v) is 10.2. The fourth-order valence-electron chi connectivity index (χ4n) is 2.77. The third-order valence-corrected chi connectivity index (χ3v) is 5.28. The SMILES string of the molecule is COc1ccc(Cl)cc1-c1nnc(S/C(=C/c2cc([N+](=O)[O-])cc(OC)c2OC)C(=O)O)o1. The molecular formula is C20H16ClN3O8S. The van der Waals surface area contributed by atoms with Gasteiger partial charge in [0.25, 0.3) is 16.8 Å². The van der Waals surface area contributed by atoms with E-state index in [0.29, 0.717) is 28.1 Å². The van der Waals surface area contributed by atoms with E-state index in [4.69, 9.17) is 30.2 Å². The van der Waals surface area contributed by atoms with Gasteiger partial charge in [0.15, 0.2) is 11.5 Å². The Morgan fingerprint density at radius 3 is 2.48 bits per heavy atom. The average molecular weight is 494 g/mol. The molecular weight excluding hydrogens is 478 g/mol. The minimum atomic E-state index is -1.33. The number of methoxy groups -OCH3 is 3. The lowest BCUT2D eigenvalue weighted by molar-refractivity contribution is -0.385. The highest BCUT2D eigenvalue weighted by Gasteiger charge is 2.22. The number of ether oxygens (including phenoxy) is 3. The van der Waals surface area contributed by atoms with Crippen LogP contribution in [0.1, 0.15) is 5.56 Å². The Bertz CT molecular complexity index is 1240. The Labute approximate surface area is 196 Å².